The molecule has 0 saturated heterocycles. The van der Waals surface area contributed by atoms with Crippen molar-refractivity contribution in [3.8, 4) is 11.5 Å². The second-order valence-electron chi connectivity index (χ2n) is 8.11. The molecule has 0 amide bonds. The van der Waals surface area contributed by atoms with E-state index < -0.39 is 16.1 Å². The molecule has 7 nitrogen and oxygen atoms in total. The van der Waals surface area contributed by atoms with Crippen molar-refractivity contribution < 1.29 is 4.55 Å². The minimum Gasteiger partial charge on any atom is -0.598 e. The third-order valence-electron chi connectivity index (χ3n) is 4.71. The van der Waals surface area contributed by atoms with E-state index in [2.05, 4.69) is 9.82 Å². The van der Waals surface area contributed by atoms with Crippen molar-refractivity contribution in [2.75, 3.05) is 0 Å². The van der Waals surface area contributed by atoms with Crippen molar-refractivity contribution in [1.82, 2.24) is 24.1 Å². The molecule has 2 atom stereocenters. The molecule has 0 bridgehead atoms. The zero-order chi connectivity index (χ0) is 20.8. The standard InChI is InChI=1S/C20H27N5O2S/c1-12-10-14(13(2)23-28(27)20(3,4)5)17-15(11-12)19(26)24(6)18(22-17)16-8-9-21-25(16)7/h8-11,13,23H,1-7H3. The van der Waals surface area contributed by atoms with Crippen molar-refractivity contribution in [2.24, 2.45) is 14.1 Å². The summed E-state index contributed by atoms with van der Waals surface area (Å²) < 4.78 is 18.6. The van der Waals surface area contributed by atoms with Gasteiger partial charge in [0.05, 0.1) is 16.9 Å². The second kappa shape index (κ2) is 7.35. The number of fused-ring (bicyclic) bond motifs is 1. The highest BCUT2D eigenvalue weighted by Crippen LogP contribution is 2.27. The molecule has 0 aliphatic carbocycles. The average Bonchev–Trinajstić information content (AvgIpc) is 3.02. The van der Waals surface area contributed by atoms with Crippen molar-refractivity contribution in [2.45, 2.75) is 45.4 Å². The second-order valence-corrected chi connectivity index (χ2v) is 10.1. The van der Waals surface area contributed by atoms with E-state index in [0.717, 1.165) is 16.8 Å². The van der Waals surface area contributed by atoms with E-state index in [4.69, 9.17) is 4.98 Å². The van der Waals surface area contributed by atoms with Gasteiger partial charge in [-0.3, -0.25) is 14.0 Å². The lowest BCUT2D eigenvalue weighted by atomic mass is 10.0. The molecule has 150 valence electrons. The van der Waals surface area contributed by atoms with Crippen LogP contribution in [0.15, 0.2) is 29.2 Å². The average molecular weight is 402 g/mol. The Morgan fingerprint density at radius 3 is 2.50 bits per heavy atom. The number of rotatable bonds is 4. The van der Waals surface area contributed by atoms with Gasteiger partial charge >= 0.3 is 0 Å². The fourth-order valence-electron chi connectivity index (χ4n) is 3.11. The van der Waals surface area contributed by atoms with E-state index in [9.17, 15) is 9.35 Å². The summed E-state index contributed by atoms with van der Waals surface area (Å²) in [6.45, 7) is 9.66. The molecule has 28 heavy (non-hydrogen) atoms. The summed E-state index contributed by atoms with van der Waals surface area (Å²) in [4.78, 5) is 17.9. The van der Waals surface area contributed by atoms with E-state index in [1.165, 1.54) is 0 Å². The first kappa shape index (κ1) is 20.6. The minimum absolute atomic E-state index is 0.115. The highest BCUT2D eigenvalue weighted by atomic mass is 32.2. The zero-order valence-electron chi connectivity index (χ0n) is 17.4. The first-order chi connectivity index (χ1) is 13.0. The largest absolute Gasteiger partial charge is 0.598 e. The highest BCUT2D eigenvalue weighted by molar-refractivity contribution is 7.90. The smallest absolute Gasteiger partial charge is 0.261 e. The van der Waals surface area contributed by atoms with Crippen LogP contribution in [0.25, 0.3) is 22.4 Å². The fraction of sp³-hybridized carbons (Fsp3) is 0.450. The zero-order valence-corrected chi connectivity index (χ0v) is 18.2. The maximum atomic E-state index is 13.1. The van der Waals surface area contributed by atoms with Gasteiger partial charge in [0.15, 0.2) is 5.82 Å². The monoisotopic (exact) mass is 401 g/mol. The lowest BCUT2D eigenvalue weighted by Gasteiger charge is -2.27. The van der Waals surface area contributed by atoms with Crippen molar-refractivity contribution in [3.05, 3.63) is 45.9 Å². The maximum absolute atomic E-state index is 13.1. The lowest BCUT2D eigenvalue weighted by Crippen LogP contribution is -2.40. The van der Waals surface area contributed by atoms with Gasteiger partial charge in [-0.25, -0.2) is 4.98 Å². The fourth-order valence-corrected chi connectivity index (χ4v) is 3.91. The van der Waals surface area contributed by atoms with Crippen LogP contribution in [0.4, 0.5) is 0 Å². The molecule has 0 saturated carbocycles. The van der Waals surface area contributed by atoms with E-state index in [-0.39, 0.29) is 11.6 Å². The summed E-state index contributed by atoms with van der Waals surface area (Å²) in [5.41, 5.74) is 3.08. The molecule has 3 aromatic rings. The Hall–Kier alpha value is -2.16. The number of nitrogens with zero attached hydrogens (tertiary/aromatic N) is 4. The van der Waals surface area contributed by atoms with Gasteiger partial charge in [0.25, 0.3) is 5.56 Å². The van der Waals surface area contributed by atoms with Crippen LogP contribution in [0.1, 0.15) is 44.9 Å². The minimum atomic E-state index is -1.24. The molecule has 8 heteroatoms. The summed E-state index contributed by atoms with van der Waals surface area (Å²) in [6, 6.07) is 5.45. The molecule has 0 aliphatic heterocycles. The number of benzene rings is 1. The molecule has 1 aromatic carbocycles. The molecule has 0 fully saturated rings. The van der Waals surface area contributed by atoms with Crippen LogP contribution in [0.5, 0.6) is 0 Å². The van der Waals surface area contributed by atoms with E-state index in [0.29, 0.717) is 16.7 Å². The van der Waals surface area contributed by atoms with E-state index >= 15 is 0 Å². The van der Waals surface area contributed by atoms with Gasteiger partial charge in [0.2, 0.25) is 0 Å². The van der Waals surface area contributed by atoms with Crippen LogP contribution in [-0.4, -0.2) is 28.6 Å². The third-order valence-corrected chi connectivity index (χ3v) is 6.39. The molecule has 0 spiro atoms. The van der Waals surface area contributed by atoms with Gasteiger partial charge in [-0.2, -0.15) is 5.10 Å². The van der Waals surface area contributed by atoms with Gasteiger partial charge in [0.1, 0.15) is 10.4 Å². The van der Waals surface area contributed by atoms with Gasteiger partial charge in [-0.05, 0) is 52.3 Å². The van der Waals surface area contributed by atoms with E-state index in [1.54, 1.807) is 22.5 Å². The Kier molecular flexibility index (Phi) is 5.40. The van der Waals surface area contributed by atoms with Gasteiger partial charge in [-0.15, -0.1) is 4.72 Å². The van der Waals surface area contributed by atoms with Crippen molar-refractivity contribution in [1.29, 1.82) is 0 Å². The number of hydrogen-bond donors (Lipinski definition) is 1. The Labute approximate surface area is 168 Å². The molecule has 2 aromatic heterocycles. The SMILES string of the molecule is Cc1cc(C(C)N[S+]([O-])C(C)(C)C)c2nc(-c3ccnn3C)n(C)c(=O)c2c1. The van der Waals surface area contributed by atoms with Crippen LogP contribution in [-0.2, 0) is 25.5 Å². The molecular weight excluding hydrogens is 374 g/mol. The quantitative estimate of drug-likeness (QED) is 0.679. The number of nitrogens with one attached hydrogen (secondary N) is 1. The lowest BCUT2D eigenvalue weighted by molar-refractivity contribution is 0.531. The number of hydrogen-bond acceptors (Lipinski definition) is 5. The first-order valence-electron chi connectivity index (χ1n) is 9.18. The Bertz CT molecular complexity index is 1080. The number of aryl methyl sites for hydroxylation is 2. The topological polar surface area (TPSA) is 87.8 Å². The van der Waals surface area contributed by atoms with Gasteiger partial charge in [-0.1, -0.05) is 6.07 Å². The van der Waals surface area contributed by atoms with Crippen LogP contribution < -0.4 is 10.3 Å². The molecular formula is C20H27N5O2S. The normalized spacial score (nSPS) is 14.4. The molecule has 1 N–H and O–H groups in total. The predicted molar refractivity (Wildman–Crippen MR) is 113 cm³/mol. The van der Waals surface area contributed by atoms with Crippen molar-refractivity contribution in [3.63, 3.8) is 0 Å². The molecule has 2 heterocycles. The molecule has 3 rings (SSSR count). The molecule has 0 radical (unpaired) electrons. The maximum Gasteiger partial charge on any atom is 0.261 e. The summed E-state index contributed by atoms with van der Waals surface area (Å²) in [5.74, 6) is 0.548. The Morgan fingerprint density at radius 2 is 1.93 bits per heavy atom. The summed E-state index contributed by atoms with van der Waals surface area (Å²) in [7, 11) is 3.54. The summed E-state index contributed by atoms with van der Waals surface area (Å²) >= 11 is -1.24. The van der Waals surface area contributed by atoms with E-state index in [1.807, 2.05) is 59.9 Å². The van der Waals surface area contributed by atoms with Crippen LogP contribution in [0.3, 0.4) is 0 Å². The Morgan fingerprint density at radius 1 is 1.25 bits per heavy atom. The van der Waals surface area contributed by atoms with Crippen LogP contribution in [0, 0.1) is 6.92 Å². The summed E-state index contributed by atoms with van der Waals surface area (Å²) in [5, 5.41) is 4.74. The van der Waals surface area contributed by atoms with Gasteiger partial charge < -0.3 is 4.55 Å². The Balaban J connectivity index is 2.22. The summed E-state index contributed by atoms with van der Waals surface area (Å²) in [6.07, 6.45) is 1.68. The molecule has 0 aliphatic rings. The van der Waals surface area contributed by atoms with Crippen LogP contribution >= 0.6 is 0 Å². The predicted octanol–water partition coefficient (Wildman–Crippen LogP) is 2.76. The van der Waals surface area contributed by atoms with Crippen molar-refractivity contribution >= 4 is 22.3 Å². The first-order valence-corrected chi connectivity index (χ1v) is 10.3. The number of aromatic nitrogens is 4. The highest BCUT2D eigenvalue weighted by Gasteiger charge is 2.29. The third kappa shape index (κ3) is 3.72. The molecule has 2 unspecified atom stereocenters. The van der Waals surface area contributed by atoms with Gasteiger partial charge in [0, 0.05) is 37.2 Å². The van der Waals surface area contributed by atoms with Crippen LogP contribution in [0.2, 0.25) is 0 Å².